The summed E-state index contributed by atoms with van der Waals surface area (Å²) in [5, 5.41) is 4.61. The van der Waals surface area contributed by atoms with Gasteiger partial charge in [0.25, 0.3) is 0 Å². The fourth-order valence-corrected chi connectivity index (χ4v) is 3.32. The number of fused-ring (bicyclic) bond motifs is 1. The van der Waals surface area contributed by atoms with Crippen LogP contribution >= 0.6 is 12.2 Å². The molecule has 1 fully saturated rings. The zero-order valence-electron chi connectivity index (χ0n) is 12.8. The van der Waals surface area contributed by atoms with Crippen LogP contribution in [-0.4, -0.2) is 45.3 Å². The van der Waals surface area contributed by atoms with E-state index in [2.05, 4.69) is 21.6 Å². The van der Waals surface area contributed by atoms with E-state index in [0.29, 0.717) is 13.2 Å². The Hall–Kier alpha value is -1.18. The van der Waals surface area contributed by atoms with E-state index in [1.165, 1.54) is 0 Å². The molecule has 6 nitrogen and oxygen atoms in total. The summed E-state index contributed by atoms with van der Waals surface area (Å²) in [6.45, 7) is 4.19. The number of imidazole rings is 1. The van der Waals surface area contributed by atoms with E-state index in [-0.39, 0.29) is 5.60 Å². The highest BCUT2D eigenvalue weighted by molar-refractivity contribution is 7.71. The first-order valence-corrected chi connectivity index (χ1v) is 7.78. The van der Waals surface area contributed by atoms with Gasteiger partial charge in [0.1, 0.15) is 11.1 Å². The van der Waals surface area contributed by atoms with Crippen molar-refractivity contribution < 1.29 is 9.47 Å². The number of H-pyrrole nitrogens is 1. The molecule has 0 radical (unpaired) electrons. The average molecular weight is 310 g/mol. The summed E-state index contributed by atoms with van der Waals surface area (Å²) >= 11 is 5.51. The lowest BCUT2D eigenvalue weighted by molar-refractivity contribution is -0.0291. The fraction of sp³-hybridized carbons (Fsp3) is 0.714. The van der Waals surface area contributed by atoms with E-state index in [1.807, 2.05) is 11.7 Å². The lowest BCUT2D eigenvalue weighted by Crippen LogP contribution is -2.37. The second-order valence-corrected chi connectivity index (χ2v) is 6.11. The van der Waals surface area contributed by atoms with Gasteiger partial charge in [0.15, 0.2) is 10.4 Å². The molecule has 2 aromatic rings. The van der Waals surface area contributed by atoms with E-state index in [9.17, 15) is 0 Å². The Kier molecular flexibility index (Phi) is 3.90. The van der Waals surface area contributed by atoms with Crippen LogP contribution < -0.4 is 0 Å². The Morgan fingerprint density at radius 1 is 1.52 bits per heavy atom. The maximum Gasteiger partial charge on any atom is 0.179 e. The summed E-state index contributed by atoms with van der Waals surface area (Å²) in [5.74, 6) is 0. The lowest BCUT2D eigenvalue weighted by atomic mass is 10.0. The minimum Gasteiger partial charge on any atom is -0.378 e. The van der Waals surface area contributed by atoms with Crippen molar-refractivity contribution in [2.75, 3.05) is 20.3 Å². The van der Waals surface area contributed by atoms with E-state index in [0.717, 1.165) is 47.5 Å². The molecule has 1 aliphatic heterocycles. The number of nitrogens with zero attached hydrogens (tertiary/aromatic N) is 3. The average Bonchev–Trinajstić information content (AvgIpc) is 3.12. The van der Waals surface area contributed by atoms with Crippen LogP contribution in [0.2, 0.25) is 0 Å². The quantitative estimate of drug-likeness (QED) is 0.860. The minimum atomic E-state index is -0.289. The van der Waals surface area contributed by atoms with Gasteiger partial charge in [-0.2, -0.15) is 5.10 Å². The molecule has 7 heteroatoms. The Labute approximate surface area is 129 Å². The minimum absolute atomic E-state index is 0.289. The number of ether oxygens (including phenoxy) is 2. The summed E-state index contributed by atoms with van der Waals surface area (Å²) in [4.78, 5) is 3.31. The molecule has 0 amide bonds. The molecule has 116 valence electrons. The fourth-order valence-electron chi connectivity index (χ4n) is 3.06. The third-order valence-electron chi connectivity index (χ3n) is 4.26. The number of rotatable bonds is 5. The van der Waals surface area contributed by atoms with Crippen molar-refractivity contribution in [1.82, 2.24) is 19.3 Å². The van der Waals surface area contributed by atoms with E-state index < -0.39 is 0 Å². The van der Waals surface area contributed by atoms with Crippen molar-refractivity contribution in [3.8, 4) is 0 Å². The normalized spacial score (nSPS) is 22.4. The molecule has 0 spiro atoms. The molecule has 1 unspecified atom stereocenters. The van der Waals surface area contributed by atoms with Crippen molar-refractivity contribution in [2.24, 2.45) is 7.05 Å². The molecule has 3 heterocycles. The van der Waals surface area contributed by atoms with Gasteiger partial charge in [0.2, 0.25) is 0 Å². The van der Waals surface area contributed by atoms with Gasteiger partial charge in [0, 0.05) is 27.2 Å². The van der Waals surface area contributed by atoms with Crippen LogP contribution in [0.25, 0.3) is 11.2 Å². The summed E-state index contributed by atoms with van der Waals surface area (Å²) in [6.07, 6.45) is 2.90. The highest BCUT2D eigenvalue weighted by Gasteiger charge is 2.36. The highest BCUT2D eigenvalue weighted by atomic mass is 32.1. The van der Waals surface area contributed by atoms with E-state index in [4.69, 9.17) is 21.7 Å². The van der Waals surface area contributed by atoms with Crippen LogP contribution in [0.1, 0.15) is 25.5 Å². The van der Waals surface area contributed by atoms with Gasteiger partial charge in [-0.3, -0.25) is 9.25 Å². The highest BCUT2D eigenvalue weighted by Crippen LogP contribution is 2.27. The van der Waals surface area contributed by atoms with Gasteiger partial charge >= 0.3 is 0 Å². The first-order chi connectivity index (χ1) is 10.1. The predicted octanol–water partition coefficient (Wildman–Crippen LogP) is 2.19. The molecule has 0 aromatic carbocycles. The van der Waals surface area contributed by atoms with Crippen molar-refractivity contribution in [3.63, 3.8) is 0 Å². The Balaban J connectivity index is 2.06. The molecule has 1 aliphatic rings. The zero-order chi connectivity index (χ0) is 15.0. The zero-order valence-corrected chi connectivity index (χ0v) is 13.6. The van der Waals surface area contributed by atoms with Gasteiger partial charge in [-0.15, -0.1) is 0 Å². The van der Waals surface area contributed by atoms with Crippen molar-refractivity contribution in [3.05, 3.63) is 10.5 Å². The molecule has 1 saturated heterocycles. The summed E-state index contributed by atoms with van der Waals surface area (Å²) in [7, 11) is 3.71. The second-order valence-electron chi connectivity index (χ2n) is 5.72. The monoisotopic (exact) mass is 310 g/mol. The van der Waals surface area contributed by atoms with E-state index >= 15 is 0 Å². The van der Waals surface area contributed by atoms with Gasteiger partial charge < -0.3 is 14.5 Å². The molecule has 21 heavy (non-hydrogen) atoms. The van der Waals surface area contributed by atoms with Crippen molar-refractivity contribution >= 4 is 23.4 Å². The Morgan fingerprint density at radius 2 is 2.33 bits per heavy atom. The van der Waals surface area contributed by atoms with Gasteiger partial charge in [-0.05, 0) is 18.6 Å². The Morgan fingerprint density at radius 3 is 2.95 bits per heavy atom. The smallest absolute Gasteiger partial charge is 0.179 e. The molecular formula is C14H22N4O2S. The molecular weight excluding hydrogens is 288 g/mol. The first kappa shape index (κ1) is 14.7. The topological polar surface area (TPSA) is 57.0 Å². The maximum atomic E-state index is 5.73. The summed E-state index contributed by atoms with van der Waals surface area (Å²) in [6, 6.07) is 0. The second kappa shape index (κ2) is 5.55. The van der Waals surface area contributed by atoms with Crippen molar-refractivity contribution in [2.45, 2.75) is 38.3 Å². The molecule has 2 aromatic heterocycles. The SMILES string of the molecule is CCCc1nn(C)c2c1[nH]c(=S)n2CC1(OC)CCOC1. The standard InChI is InChI=1S/C14H22N4O2S/c1-4-5-10-11-12(17(2)16-10)18(13(21)15-11)8-14(19-3)6-7-20-9-14/h4-9H2,1-3H3,(H,15,21). The largest absolute Gasteiger partial charge is 0.378 e. The van der Waals surface area contributed by atoms with Gasteiger partial charge in [-0.1, -0.05) is 13.3 Å². The van der Waals surface area contributed by atoms with Gasteiger partial charge in [-0.25, -0.2) is 0 Å². The number of aryl methyl sites for hydroxylation is 2. The van der Waals surface area contributed by atoms with Crippen molar-refractivity contribution in [1.29, 1.82) is 0 Å². The molecule has 0 saturated carbocycles. The lowest BCUT2D eigenvalue weighted by Gasteiger charge is -2.26. The Bertz CT molecular complexity index is 694. The number of aromatic nitrogens is 4. The number of methoxy groups -OCH3 is 1. The molecule has 3 rings (SSSR count). The third-order valence-corrected chi connectivity index (χ3v) is 4.58. The number of aromatic amines is 1. The molecule has 1 N–H and O–H groups in total. The molecule has 1 atom stereocenters. The van der Waals surface area contributed by atoms with Gasteiger partial charge in [0.05, 0.1) is 18.8 Å². The third kappa shape index (κ3) is 2.43. The number of hydrogen-bond acceptors (Lipinski definition) is 4. The first-order valence-electron chi connectivity index (χ1n) is 7.37. The summed E-state index contributed by atoms with van der Waals surface area (Å²) < 4.78 is 16.0. The van der Waals surface area contributed by atoms with Crippen LogP contribution in [0.3, 0.4) is 0 Å². The maximum absolute atomic E-state index is 5.73. The summed E-state index contributed by atoms with van der Waals surface area (Å²) in [5.41, 5.74) is 2.87. The van der Waals surface area contributed by atoms with Crippen LogP contribution in [0.5, 0.6) is 0 Å². The number of nitrogens with one attached hydrogen (secondary N) is 1. The number of hydrogen-bond donors (Lipinski definition) is 1. The van der Waals surface area contributed by atoms with Crippen LogP contribution in [0.15, 0.2) is 0 Å². The van der Waals surface area contributed by atoms with Crippen LogP contribution in [0.4, 0.5) is 0 Å². The van der Waals surface area contributed by atoms with Crippen LogP contribution in [-0.2, 0) is 29.5 Å². The predicted molar refractivity (Wildman–Crippen MR) is 83.1 cm³/mol. The molecule has 0 bridgehead atoms. The molecule has 0 aliphatic carbocycles. The van der Waals surface area contributed by atoms with E-state index in [1.54, 1.807) is 7.11 Å². The van der Waals surface area contributed by atoms with Crippen LogP contribution in [0, 0.1) is 4.77 Å².